The van der Waals surface area contributed by atoms with E-state index in [4.69, 9.17) is 0 Å². The zero-order chi connectivity index (χ0) is 20.8. The summed E-state index contributed by atoms with van der Waals surface area (Å²) < 4.78 is 1.33. The molecule has 1 heterocycles. The van der Waals surface area contributed by atoms with Gasteiger partial charge in [0.15, 0.2) is 0 Å². The summed E-state index contributed by atoms with van der Waals surface area (Å²) in [5.41, 5.74) is 4.09. The molecule has 0 bridgehead atoms. The van der Waals surface area contributed by atoms with Gasteiger partial charge in [0.05, 0.1) is 21.9 Å². The van der Waals surface area contributed by atoms with Crippen LogP contribution in [0.1, 0.15) is 51.8 Å². The van der Waals surface area contributed by atoms with E-state index in [0.29, 0.717) is 35.5 Å². The highest BCUT2D eigenvalue weighted by molar-refractivity contribution is 6.00. The standard InChI is InChI=1S/C19H25N5O4/c1-5-6-16-18(13(4)20-21-17(25)11-12(2)3)19(26)23(22-16)14-7-9-15(10-8-14)24(27)28/h7-10,12,22H,5-6,11H2,1-4H3,(H,21,25). The van der Waals surface area contributed by atoms with Gasteiger partial charge in [-0.25, -0.2) is 10.1 Å². The van der Waals surface area contributed by atoms with Crippen molar-refractivity contribution in [1.29, 1.82) is 0 Å². The van der Waals surface area contributed by atoms with Crippen LogP contribution < -0.4 is 11.0 Å². The zero-order valence-corrected chi connectivity index (χ0v) is 16.5. The van der Waals surface area contributed by atoms with Crippen molar-refractivity contribution < 1.29 is 9.72 Å². The third-order valence-corrected chi connectivity index (χ3v) is 4.09. The normalized spacial score (nSPS) is 11.7. The van der Waals surface area contributed by atoms with E-state index in [0.717, 1.165) is 6.42 Å². The molecule has 9 nitrogen and oxygen atoms in total. The number of aromatic nitrogens is 2. The van der Waals surface area contributed by atoms with Crippen LogP contribution in [-0.4, -0.2) is 26.3 Å². The number of carbonyl (C=O) groups is 1. The number of hydrogen-bond acceptors (Lipinski definition) is 5. The van der Waals surface area contributed by atoms with Gasteiger partial charge < -0.3 is 0 Å². The van der Waals surface area contributed by atoms with E-state index in [1.165, 1.54) is 28.9 Å². The molecule has 2 aromatic rings. The number of carbonyl (C=O) groups excluding carboxylic acids is 1. The highest BCUT2D eigenvalue weighted by atomic mass is 16.6. The average molecular weight is 387 g/mol. The molecule has 28 heavy (non-hydrogen) atoms. The second-order valence-electron chi connectivity index (χ2n) is 6.96. The molecule has 9 heteroatoms. The minimum absolute atomic E-state index is 0.0528. The Bertz CT molecular complexity index is 938. The molecule has 0 radical (unpaired) electrons. The van der Waals surface area contributed by atoms with Crippen molar-refractivity contribution >= 4 is 17.3 Å². The van der Waals surface area contributed by atoms with Crippen molar-refractivity contribution in [1.82, 2.24) is 15.2 Å². The Balaban J connectivity index is 2.40. The molecule has 150 valence electrons. The van der Waals surface area contributed by atoms with Gasteiger partial charge in [0.2, 0.25) is 5.91 Å². The summed E-state index contributed by atoms with van der Waals surface area (Å²) in [7, 11) is 0. The van der Waals surface area contributed by atoms with E-state index in [2.05, 4.69) is 15.6 Å². The highest BCUT2D eigenvalue weighted by Gasteiger charge is 2.18. The van der Waals surface area contributed by atoms with Crippen molar-refractivity contribution in [3.63, 3.8) is 0 Å². The third-order valence-electron chi connectivity index (χ3n) is 4.09. The molecule has 1 amide bonds. The van der Waals surface area contributed by atoms with Crippen molar-refractivity contribution in [2.24, 2.45) is 11.0 Å². The molecular formula is C19H25N5O4. The van der Waals surface area contributed by atoms with Crippen LogP contribution in [0.4, 0.5) is 5.69 Å². The summed E-state index contributed by atoms with van der Waals surface area (Å²) >= 11 is 0. The Morgan fingerprint density at radius 3 is 2.50 bits per heavy atom. The molecule has 0 unspecified atom stereocenters. The van der Waals surface area contributed by atoms with E-state index < -0.39 is 4.92 Å². The summed E-state index contributed by atoms with van der Waals surface area (Å²) in [5, 5.41) is 18.0. The molecule has 0 saturated carbocycles. The van der Waals surface area contributed by atoms with Crippen molar-refractivity contribution in [2.75, 3.05) is 0 Å². The summed E-state index contributed by atoms with van der Waals surface area (Å²) in [5.74, 6) is -0.00426. The fourth-order valence-electron chi connectivity index (χ4n) is 2.81. The van der Waals surface area contributed by atoms with Crippen molar-refractivity contribution in [2.45, 2.75) is 47.0 Å². The number of nitrogens with zero attached hydrogens (tertiary/aromatic N) is 3. The summed E-state index contributed by atoms with van der Waals surface area (Å²) in [4.78, 5) is 35.1. The summed E-state index contributed by atoms with van der Waals surface area (Å²) in [6.07, 6.45) is 1.77. The van der Waals surface area contributed by atoms with E-state index in [1.807, 2.05) is 20.8 Å². The lowest BCUT2D eigenvalue weighted by atomic mass is 10.1. The van der Waals surface area contributed by atoms with E-state index in [1.54, 1.807) is 6.92 Å². The number of aromatic amines is 1. The van der Waals surface area contributed by atoms with Gasteiger partial charge in [0, 0.05) is 24.2 Å². The Labute approximate surface area is 162 Å². The molecule has 0 saturated heterocycles. The van der Waals surface area contributed by atoms with Gasteiger partial charge in [-0.3, -0.25) is 24.8 Å². The van der Waals surface area contributed by atoms with Crippen LogP contribution in [0.25, 0.3) is 5.69 Å². The highest BCUT2D eigenvalue weighted by Crippen LogP contribution is 2.15. The number of hydrazone groups is 1. The van der Waals surface area contributed by atoms with Gasteiger partial charge in [0.25, 0.3) is 11.2 Å². The largest absolute Gasteiger partial charge is 0.294 e. The number of aryl methyl sites for hydroxylation is 1. The van der Waals surface area contributed by atoms with Crippen molar-refractivity contribution in [3.05, 3.63) is 56.0 Å². The van der Waals surface area contributed by atoms with Gasteiger partial charge >= 0.3 is 0 Å². The molecule has 2 rings (SSSR count). The minimum atomic E-state index is -0.494. The van der Waals surface area contributed by atoms with E-state index >= 15 is 0 Å². The lowest BCUT2D eigenvalue weighted by Crippen LogP contribution is -2.24. The Morgan fingerprint density at radius 2 is 1.96 bits per heavy atom. The fraction of sp³-hybridized carbons (Fsp3) is 0.421. The molecule has 2 N–H and O–H groups in total. The number of nitrogens with one attached hydrogen (secondary N) is 2. The Kier molecular flexibility index (Phi) is 6.86. The number of rotatable bonds is 8. The molecule has 1 aromatic carbocycles. The molecule has 0 aliphatic rings. The first kappa shape index (κ1) is 21.1. The molecule has 0 aliphatic heterocycles. The van der Waals surface area contributed by atoms with Gasteiger partial charge in [-0.05, 0) is 31.4 Å². The monoisotopic (exact) mass is 387 g/mol. The molecule has 1 aromatic heterocycles. The number of nitro groups is 1. The maximum absolute atomic E-state index is 13.0. The van der Waals surface area contributed by atoms with Crippen LogP contribution >= 0.6 is 0 Å². The predicted octanol–water partition coefficient (Wildman–Crippen LogP) is 2.91. The number of H-pyrrole nitrogens is 1. The first-order valence-corrected chi connectivity index (χ1v) is 9.16. The number of hydrogen-bond donors (Lipinski definition) is 2. The number of amides is 1. The van der Waals surface area contributed by atoms with Crippen LogP contribution in [0.5, 0.6) is 0 Å². The SMILES string of the molecule is CCCc1[nH]n(-c2ccc([N+](=O)[O-])cc2)c(=O)c1C(C)=NNC(=O)CC(C)C. The van der Waals surface area contributed by atoms with Gasteiger partial charge in [-0.2, -0.15) is 5.10 Å². The van der Waals surface area contributed by atoms with Crippen LogP contribution in [0.2, 0.25) is 0 Å². The number of non-ortho nitro benzene ring substituents is 1. The first-order chi connectivity index (χ1) is 13.2. The lowest BCUT2D eigenvalue weighted by Gasteiger charge is -2.04. The molecular weight excluding hydrogens is 362 g/mol. The van der Waals surface area contributed by atoms with E-state index in [-0.39, 0.29) is 23.1 Å². The Morgan fingerprint density at radius 1 is 1.32 bits per heavy atom. The smallest absolute Gasteiger partial charge is 0.280 e. The molecule has 0 fully saturated rings. The van der Waals surface area contributed by atoms with Gasteiger partial charge in [0.1, 0.15) is 0 Å². The predicted molar refractivity (Wildman–Crippen MR) is 107 cm³/mol. The molecule has 0 atom stereocenters. The number of nitro benzene ring substituents is 1. The molecule has 0 aliphatic carbocycles. The first-order valence-electron chi connectivity index (χ1n) is 9.16. The number of benzene rings is 1. The summed E-state index contributed by atoms with van der Waals surface area (Å²) in [6, 6.07) is 5.70. The maximum Gasteiger partial charge on any atom is 0.280 e. The van der Waals surface area contributed by atoms with Crippen LogP contribution in [0, 0.1) is 16.0 Å². The Hall–Kier alpha value is -3.23. The van der Waals surface area contributed by atoms with Crippen LogP contribution in [0.15, 0.2) is 34.2 Å². The lowest BCUT2D eigenvalue weighted by molar-refractivity contribution is -0.384. The van der Waals surface area contributed by atoms with Crippen LogP contribution in [0.3, 0.4) is 0 Å². The second kappa shape index (κ2) is 9.12. The third kappa shape index (κ3) is 4.93. The minimum Gasteiger partial charge on any atom is -0.294 e. The maximum atomic E-state index is 13.0. The van der Waals surface area contributed by atoms with Gasteiger partial charge in [-0.1, -0.05) is 27.2 Å². The van der Waals surface area contributed by atoms with Gasteiger partial charge in [-0.15, -0.1) is 0 Å². The fourth-order valence-corrected chi connectivity index (χ4v) is 2.81. The summed E-state index contributed by atoms with van der Waals surface area (Å²) in [6.45, 7) is 7.52. The van der Waals surface area contributed by atoms with Crippen molar-refractivity contribution in [3.8, 4) is 5.69 Å². The quantitative estimate of drug-likeness (QED) is 0.411. The molecule has 0 spiro atoms. The topological polar surface area (TPSA) is 122 Å². The van der Waals surface area contributed by atoms with Crippen LogP contribution in [-0.2, 0) is 11.2 Å². The zero-order valence-electron chi connectivity index (χ0n) is 16.5. The second-order valence-corrected chi connectivity index (χ2v) is 6.96. The average Bonchev–Trinajstić information content (AvgIpc) is 2.96. The van der Waals surface area contributed by atoms with E-state index in [9.17, 15) is 19.7 Å².